The molecule has 160 valence electrons. The van der Waals surface area contributed by atoms with Crippen molar-refractivity contribution < 1.29 is 14.3 Å². The van der Waals surface area contributed by atoms with Crippen molar-refractivity contribution in [3.05, 3.63) is 96.7 Å². The molecule has 0 spiro atoms. The Morgan fingerprint density at radius 1 is 0.969 bits per heavy atom. The van der Waals surface area contributed by atoms with Gasteiger partial charge in [0.1, 0.15) is 17.2 Å². The standard InChI is InChI=1S/C25H22N4O3/c1-31-22-14-12-19(13-15-22)25-20(17-29(28-25)21-8-4-2-5-9-21)16-26-27-24(30)18-32-23-10-6-3-7-11-23/h2-17H,18H2,1H3,(H,27,30). The molecule has 0 aliphatic carbocycles. The first-order chi connectivity index (χ1) is 15.7. The highest BCUT2D eigenvalue weighted by atomic mass is 16.5. The van der Waals surface area contributed by atoms with Gasteiger partial charge in [0.05, 0.1) is 19.0 Å². The van der Waals surface area contributed by atoms with Gasteiger partial charge in [-0.3, -0.25) is 4.79 Å². The highest BCUT2D eigenvalue weighted by Gasteiger charge is 2.11. The largest absolute Gasteiger partial charge is 0.497 e. The molecule has 0 aliphatic heterocycles. The molecule has 0 saturated carbocycles. The molecule has 0 atom stereocenters. The van der Waals surface area contributed by atoms with Crippen molar-refractivity contribution in [1.82, 2.24) is 15.2 Å². The molecule has 3 aromatic carbocycles. The van der Waals surface area contributed by atoms with E-state index >= 15 is 0 Å². The van der Waals surface area contributed by atoms with E-state index in [0.29, 0.717) is 5.75 Å². The third-order valence-corrected chi connectivity index (χ3v) is 4.63. The van der Waals surface area contributed by atoms with Crippen LogP contribution in [-0.2, 0) is 4.79 Å². The van der Waals surface area contributed by atoms with Crippen LogP contribution >= 0.6 is 0 Å². The Kier molecular flexibility index (Phi) is 6.57. The van der Waals surface area contributed by atoms with Gasteiger partial charge in [-0.15, -0.1) is 0 Å². The molecule has 32 heavy (non-hydrogen) atoms. The fourth-order valence-electron chi connectivity index (χ4n) is 3.04. The number of benzene rings is 3. The molecular weight excluding hydrogens is 404 g/mol. The lowest BCUT2D eigenvalue weighted by Gasteiger charge is -2.04. The zero-order chi connectivity index (χ0) is 22.2. The summed E-state index contributed by atoms with van der Waals surface area (Å²) in [6, 6.07) is 26.5. The predicted molar refractivity (Wildman–Crippen MR) is 123 cm³/mol. The second-order valence-electron chi connectivity index (χ2n) is 6.84. The van der Waals surface area contributed by atoms with E-state index in [1.54, 1.807) is 30.1 Å². The monoisotopic (exact) mass is 426 g/mol. The van der Waals surface area contributed by atoms with Crippen LogP contribution in [0.2, 0.25) is 0 Å². The molecule has 4 rings (SSSR count). The van der Waals surface area contributed by atoms with Crippen LogP contribution in [0.1, 0.15) is 5.56 Å². The average molecular weight is 426 g/mol. The van der Waals surface area contributed by atoms with Crippen molar-refractivity contribution in [3.63, 3.8) is 0 Å². The SMILES string of the molecule is COc1ccc(-c2nn(-c3ccccc3)cc2C=NNC(=O)COc2ccccc2)cc1. The molecule has 0 fully saturated rings. The zero-order valence-electron chi connectivity index (χ0n) is 17.5. The number of methoxy groups -OCH3 is 1. The molecule has 1 aromatic heterocycles. The first-order valence-electron chi connectivity index (χ1n) is 10.0. The van der Waals surface area contributed by atoms with Crippen LogP contribution in [0.5, 0.6) is 11.5 Å². The van der Waals surface area contributed by atoms with Gasteiger partial charge in [-0.2, -0.15) is 10.2 Å². The number of hydrogen-bond donors (Lipinski definition) is 1. The van der Waals surface area contributed by atoms with Gasteiger partial charge in [0.15, 0.2) is 6.61 Å². The van der Waals surface area contributed by atoms with E-state index in [-0.39, 0.29) is 12.5 Å². The minimum absolute atomic E-state index is 0.129. The summed E-state index contributed by atoms with van der Waals surface area (Å²) in [4.78, 5) is 12.1. The number of rotatable bonds is 8. The number of carbonyl (C=O) groups excluding carboxylic acids is 1. The third kappa shape index (κ3) is 5.20. The van der Waals surface area contributed by atoms with Gasteiger partial charge in [0, 0.05) is 17.3 Å². The lowest BCUT2D eigenvalue weighted by molar-refractivity contribution is -0.123. The minimum atomic E-state index is -0.355. The summed E-state index contributed by atoms with van der Waals surface area (Å²) in [5.41, 5.74) is 5.80. The quantitative estimate of drug-likeness (QED) is 0.340. The zero-order valence-corrected chi connectivity index (χ0v) is 17.5. The Labute approximate surface area is 185 Å². The lowest BCUT2D eigenvalue weighted by atomic mass is 10.1. The minimum Gasteiger partial charge on any atom is -0.497 e. The number of carbonyl (C=O) groups is 1. The number of hydrazone groups is 1. The molecule has 1 N–H and O–H groups in total. The fraction of sp³-hybridized carbons (Fsp3) is 0.0800. The second kappa shape index (κ2) is 10.1. The van der Waals surface area contributed by atoms with Crippen molar-refractivity contribution in [3.8, 4) is 28.4 Å². The summed E-state index contributed by atoms with van der Waals surface area (Å²) in [5, 5.41) is 8.83. The number of para-hydroxylation sites is 2. The van der Waals surface area contributed by atoms with E-state index in [0.717, 1.165) is 28.3 Å². The second-order valence-corrected chi connectivity index (χ2v) is 6.84. The number of amides is 1. The first-order valence-corrected chi connectivity index (χ1v) is 10.0. The molecule has 0 bridgehead atoms. The molecule has 0 radical (unpaired) electrons. The van der Waals surface area contributed by atoms with E-state index in [1.165, 1.54) is 0 Å². The van der Waals surface area contributed by atoms with Gasteiger partial charge in [0.2, 0.25) is 0 Å². The van der Waals surface area contributed by atoms with E-state index in [2.05, 4.69) is 10.5 Å². The number of nitrogens with one attached hydrogen (secondary N) is 1. The van der Waals surface area contributed by atoms with E-state index in [4.69, 9.17) is 14.6 Å². The van der Waals surface area contributed by atoms with Crippen LogP contribution < -0.4 is 14.9 Å². The van der Waals surface area contributed by atoms with Gasteiger partial charge in [0.25, 0.3) is 5.91 Å². The number of nitrogens with zero attached hydrogens (tertiary/aromatic N) is 3. The van der Waals surface area contributed by atoms with Crippen molar-refractivity contribution in [2.45, 2.75) is 0 Å². The number of ether oxygens (including phenoxy) is 2. The molecule has 0 aliphatic rings. The highest BCUT2D eigenvalue weighted by molar-refractivity contribution is 5.89. The van der Waals surface area contributed by atoms with E-state index < -0.39 is 0 Å². The van der Waals surface area contributed by atoms with Crippen molar-refractivity contribution >= 4 is 12.1 Å². The molecule has 1 amide bonds. The first kappa shape index (κ1) is 20.9. The summed E-state index contributed by atoms with van der Waals surface area (Å²) in [5.74, 6) is 1.03. The summed E-state index contributed by atoms with van der Waals surface area (Å²) >= 11 is 0. The Morgan fingerprint density at radius 2 is 1.66 bits per heavy atom. The van der Waals surface area contributed by atoms with Gasteiger partial charge in [-0.1, -0.05) is 36.4 Å². The van der Waals surface area contributed by atoms with Crippen LogP contribution in [0.3, 0.4) is 0 Å². The maximum atomic E-state index is 12.1. The maximum Gasteiger partial charge on any atom is 0.277 e. The topological polar surface area (TPSA) is 77.7 Å². The van der Waals surface area contributed by atoms with Crippen LogP contribution in [0, 0.1) is 0 Å². The highest BCUT2D eigenvalue weighted by Crippen LogP contribution is 2.25. The van der Waals surface area contributed by atoms with Gasteiger partial charge < -0.3 is 9.47 Å². The summed E-state index contributed by atoms with van der Waals surface area (Å²) < 4.78 is 12.5. The Balaban J connectivity index is 1.52. The summed E-state index contributed by atoms with van der Waals surface area (Å²) in [7, 11) is 1.63. The molecule has 4 aromatic rings. The molecule has 7 nitrogen and oxygen atoms in total. The maximum absolute atomic E-state index is 12.1. The fourth-order valence-corrected chi connectivity index (χ4v) is 3.04. The van der Waals surface area contributed by atoms with Crippen LogP contribution in [-0.4, -0.2) is 35.6 Å². The Morgan fingerprint density at radius 3 is 2.34 bits per heavy atom. The smallest absolute Gasteiger partial charge is 0.277 e. The van der Waals surface area contributed by atoms with Crippen molar-refractivity contribution in [1.29, 1.82) is 0 Å². The normalized spacial score (nSPS) is 10.8. The molecule has 0 unspecified atom stereocenters. The van der Waals surface area contributed by atoms with Gasteiger partial charge in [-0.25, -0.2) is 10.1 Å². The van der Waals surface area contributed by atoms with Crippen LogP contribution in [0.15, 0.2) is 96.2 Å². The number of hydrogen-bond acceptors (Lipinski definition) is 5. The Hall–Kier alpha value is -4.39. The van der Waals surface area contributed by atoms with Gasteiger partial charge in [-0.05, 0) is 48.5 Å². The lowest BCUT2D eigenvalue weighted by Crippen LogP contribution is -2.24. The van der Waals surface area contributed by atoms with E-state index in [9.17, 15) is 4.79 Å². The van der Waals surface area contributed by atoms with Crippen molar-refractivity contribution in [2.75, 3.05) is 13.7 Å². The van der Waals surface area contributed by atoms with Crippen LogP contribution in [0.4, 0.5) is 0 Å². The molecular formula is C25H22N4O3. The summed E-state index contributed by atoms with van der Waals surface area (Å²) in [6.45, 7) is -0.129. The Bertz CT molecular complexity index is 1190. The molecule has 7 heteroatoms. The van der Waals surface area contributed by atoms with Crippen molar-refractivity contribution in [2.24, 2.45) is 5.10 Å². The summed E-state index contributed by atoms with van der Waals surface area (Å²) in [6.07, 6.45) is 3.44. The molecule has 1 heterocycles. The average Bonchev–Trinajstić information content (AvgIpc) is 3.28. The third-order valence-electron chi connectivity index (χ3n) is 4.63. The molecule has 0 saturated heterocycles. The predicted octanol–water partition coefficient (Wildman–Crippen LogP) is 4.08. The van der Waals surface area contributed by atoms with E-state index in [1.807, 2.05) is 79.0 Å². The van der Waals surface area contributed by atoms with Gasteiger partial charge >= 0.3 is 0 Å². The van der Waals surface area contributed by atoms with Crippen LogP contribution in [0.25, 0.3) is 16.9 Å². The number of aromatic nitrogens is 2.